The Morgan fingerprint density at radius 3 is 2.56 bits per heavy atom. The average molecular weight is 582 g/mol. The zero-order chi connectivity index (χ0) is 29.1. The summed E-state index contributed by atoms with van der Waals surface area (Å²) in [5.41, 5.74) is 3.22. The molecule has 0 radical (unpaired) electrons. The van der Waals surface area contributed by atoms with Gasteiger partial charge in [-0.05, 0) is 83.7 Å². The molecule has 5 nitrogen and oxygen atoms in total. The SMILES string of the molecule is CCC(Sc1cccc(NC(=O)c2ccc3ccccc3c2)c1)C(=O)Nc1sc2c(c1C#N)CCC(C(C)(C)C)C2. The molecule has 3 aromatic carbocycles. The Morgan fingerprint density at radius 1 is 1.05 bits per heavy atom. The van der Waals surface area contributed by atoms with Crippen LogP contribution in [0.3, 0.4) is 0 Å². The number of carbonyl (C=O) groups excluding carboxylic acids is 2. The van der Waals surface area contributed by atoms with E-state index in [2.05, 4.69) is 37.5 Å². The van der Waals surface area contributed by atoms with E-state index in [9.17, 15) is 14.9 Å². The molecule has 1 heterocycles. The van der Waals surface area contributed by atoms with Gasteiger partial charge in [0.05, 0.1) is 10.8 Å². The number of hydrogen-bond donors (Lipinski definition) is 2. The summed E-state index contributed by atoms with van der Waals surface area (Å²) in [7, 11) is 0. The minimum atomic E-state index is -0.338. The maximum atomic E-state index is 13.4. The third-order valence-electron chi connectivity index (χ3n) is 7.88. The maximum absolute atomic E-state index is 13.4. The summed E-state index contributed by atoms with van der Waals surface area (Å²) in [6.07, 6.45) is 3.54. The van der Waals surface area contributed by atoms with E-state index < -0.39 is 0 Å². The van der Waals surface area contributed by atoms with Gasteiger partial charge >= 0.3 is 0 Å². The van der Waals surface area contributed by atoms with Crippen molar-refractivity contribution < 1.29 is 9.59 Å². The molecule has 1 aromatic heterocycles. The molecule has 1 aliphatic carbocycles. The number of carbonyl (C=O) groups is 2. The summed E-state index contributed by atoms with van der Waals surface area (Å²) < 4.78 is 0. The highest BCUT2D eigenvalue weighted by atomic mass is 32.2. The zero-order valence-corrected chi connectivity index (χ0v) is 25.5. The highest BCUT2D eigenvalue weighted by Gasteiger charge is 2.33. The number of nitriles is 1. The van der Waals surface area contributed by atoms with Gasteiger partial charge < -0.3 is 10.6 Å². The molecule has 2 unspecified atom stereocenters. The van der Waals surface area contributed by atoms with Gasteiger partial charge in [0.25, 0.3) is 5.91 Å². The molecule has 1 aliphatic rings. The van der Waals surface area contributed by atoms with E-state index in [4.69, 9.17) is 0 Å². The van der Waals surface area contributed by atoms with Crippen LogP contribution in [0, 0.1) is 22.7 Å². The third-order valence-corrected chi connectivity index (χ3v) is 10.4. The molecule has 7 heteroatoms. The topological polar surface area (TPSA) is 82.0 Å². The second-order valence-corrected chi connectivity index (χ2v) is 14.1. The fraction of sp³-hybridized carbons (Fsp3) is 0.324. The van der Waals surface area contributed by atoms with Crippen molar-refractivity contribution in [2.24, 2.45) is 11.3 Å². The molecule has 41 heavy (non-hydrogen) atoms. The highest BCUT2D eigenvalue weighted by Crippen LogP contribution is 2.44. The first-order valence-electron chi connectivity index (χ1n) is 14.1. The van der Waals surface area contributed by atoms with Gasteiger partial charge in [-0.15, -0.1) is 23.1 Å². The Labute approximate surface area is 250 Å². The molecule has 0 aliphatic heterocycles. The van der Waals surface area contributed by atoms with E-state index in [0.717, 1.165) is 40.5 Å². The summed E-state index contributed by atoms with van der Waals surface area (Å²) in [6.45, 7) is 8.81. The summed E-state index contributed by atoms with van der Waals surface area (Å²) in [5, 5.41) is 18.5. The smallest absolute Gasteiger partial charge is 0.255 e. The Balaban J connectivity index is 1.27. The normalized spacial score (nSPS) is 15.5. The molecule has 210 valence electrons. The van der Waals surface area contributed by atoms with Crippen molar-refractivity contribution in [3.05, 3.63) is 88.3 Å². The van der Waals surface area contributed by atoms with Crippen LogP contribution >= 0.6 is 23.1 Å². The fourth-order valence-corrected chi connectivity index (χ4v) is 7.69. The van der Waals surface area contributed by atoms with Gasteiger partial charge in [-0.1, -0.05) is 64.1 Å². The lowest BCUT2D eigenvalue weighted by Gasteiger charge is -2.33. The molecule has 0 spiro atoms. The second-order valence-electron chi connectivity index (χ2n) is 11.7. The molecule has 0 fully saturated rings. The van der Waals surface area contributed by atoms with Gasteiger partial charge in [0.2, 0.25) is 5.91 Å². The highest BCUT2D eigenvalue weighted by molar-refractivity contribution is 8.00. The second kappa shape index (κ2) is 12.1. The molecule has 0 saturated carbocycles. The molecule has 4 aromatic rings. The lowest BCUT2D eigenvalue weighted by atomic mass is 9.72. The predicted octanol–water partition coefficient (Wildman–Crippen LogP) is 8.69. The number of hydrogen-bond acceptors (Lipinski definition) is 5. The number of thiophene rings is 1. The number of nitrogens with zero attached hydrogens (tertiary/aromatic N) is 1. The van der Waals surface area contributed by atoms with Crippen molar-refractivity contribution in [2.45, 2.75) is 63.5 Å². The van der Waals surface area contributed by atoms with Crippen LogP contribution in [0.1, 0.15) is 66.9 Å². The van der Waals surface area contributed by atoms with E-state index in [1.165, 1.54) is 16.6 Å². The van der Waals surface area contributed by atoms with Crippen molar-refractivity contribution in [1.29, 1.82) is 5.26 Å². The lowest BCUT2D eigenvalue weighted by molar-refractivity contribution is -0.115. The van der Waals surface area contributed by atoms with E-state index in [1.54, 1.807) is 11.3 Å². The monoisotopic (exact) mass is 581 g/mol. The van der Waals surface area contributed by atoms with Gasteiger partial charge in [0.1, 0.15) is 11.1 Å². The first kappa shape index (κ1) is 28.9. The van der Waals surface area contributed by atoms with E-state index >= 15 is 0 Å². The minimum Gasteiger partial charge on any atom is -0.322 e. The number of thioether (sulfide) groups is 1. The van der Waals surface area contributed by atoms with Crippen LogP contribution in [-0.4, -0.2) is 17.1 Å². The van der Waals surface area contributed by atoms with E-state index in [0.29, 0.717) is 34.2 Å². The number of fused-ring (bicyclic) bond motifs is 2. The molecular weight excluding hydrogens is 547 g/mol. The number of benzene rings is 3. The maximum Gasteiger partial charge on any atom is 0.255 e. The number of anilines is 2. The van der Waals surface area contributed by atoms with E-state index in [1.807, 2.05) is 73.7 Å². The molecule has 2 N–H and O–H groups in total. The van der Waals surface area contributed by atoms with Crippen LogP contribution in [0.2, 0.25) is 0 Å². The fourth-order valence-electron chi connectivity index (χ4n) is 5.39. The van der Waals surface area contributed by atoms with Crippen LogP contribution in [0.4, 0.5) is 10.7 Å². The van der Waals surface area contributed by atoms with Crippen molar-refractivity contribution >= 4 is 56.4 Å². The summed E-state index contributed by atoms with van der Waals surface area (Å²) in [5.74, 6) is 0.282. The first-order chi connectivity index (χ1) is 19.7. The average Bonchev–Trinajstić information content (AvgIpc) is 3.31. The summed E-state index contributed by atoms with van der Waals surface area (Å²) >= 11 is 3.03. The lowest BCUT2D eigenvalue weighted by Crippen LogP contribution is -2.26. The zero-order valence-electron chi connectivity index (χ0n) is 23.9. The van der Waals surface area contributed by atoms with Crippen LogP contribution in [0.5, 0.6) is 0 Å². The van der Waals surface area contributed by atoms with Crippen LogP contribution in [0.15, 0.2) is 71.6 Å². The van der Waals surface area contributed by atoms with Gasteiger partial charge in [-0.25, -0.2) is 0 Å². The van der Waals surface area contributed by atoms with Crippen molar-refractivity contribution in [2.75, 3.05) is 10.6 Å². The van der Waals surface area contributed by atoms with Gasteiger partial charge in [0, 0.05) is 21.0 Å². The summed E-state index contributed by atoms with van der Waals surface area (Å²) in [6, 6.07) is 23.6. The van der Waals surface area contributed by atoms with Crippen LogP contribution in [-0.2, 0) is 17.6 Å². The number of amides is 2. The Hall–Kier alpha value is -3.60. The molecule has 2 amide bonds. The first-order valence-corrected chi connectivity index (χ1v) is 15.8. The van der Waals surface area contributed by atoms with Crippen LogP contribution in [0.25, 0.3) is 10.8 Å². The Kier molecular flexibility index (Phi) is 8.53. The number of nitrogens with one attached hydrogen (secondary N) is 2. The van der Waals surface area contributed by atoms with E-state index in [-0.39, 0.29) is 22.5 Å². The molecular formula is C34H35N3O2S2. The van der Waals surface area contributed by atoms with Crippen LogP contribution < -0.4 is 10.6 Å². The van der Waals surface area contributed by atoms with Crippen molar-refractivity contribution in [1.82, 2.24) is 0 Å². The summed E-state index contributed by atoms with van der Waals surface area (Å²) in [4.78, 5) is 28.5. The van der Waals surface area contributed by atoms with Crippen molar-refractivity contribution in [3.63, 3.8) is 0 Å². The van der Waals surface area contributed by atoms with Gasteiger partial charge in [-0.3, -0.25) is 9.59 Å². The van der Waals surface area contributed by atoms with Crippen molar-refractivity contribution in [3.8, 4) is 6.07 Å². The standard InChI is InChI=1S/C34H35N3O2S2/c1-5-29(32(39)37-33-28(20-35)27-16-15-24(34(2,3)4)18-30(27)41-33)40-26-12-8-11-25(19-26)36-31(38)23-14-13-21-9-6-7-10-22(21)17-23/h6-14,17,19,24,29H,5,15-16,18H2,1-4H3,(H,36,38)(H,37,39). The van der Waals surface area contributed by atoms with Gasteiger partial charge in [0.15, 0.2) is 0 Å². The molecule has 0 saturated heterocycles. The van der Waals surface area contributed by atoms with Gasteiger partial charge in [-0.2, -0.15) is 5.26 Å². The Morgan fingerprint density at radius 2 is 1.83 bits per heavy atom. The molecule has 5 rings (SSSR count). The molecule has 2 atom stereocenters. The predicted molar refractivity (Wildman–Crippen MR) is 171 cm³/mol. The largest absolute Gasteiger partial charge is 0.322 e. The molecule has 0 bridgehead atoms. The Bertz CT molecular complexity index is 1640. The number of rotatable bonds is 7. The minimum absolute atomic E-state index is 0.106. The third kappa shape index (κ3) is 6.50. The quantitative estimate of drug-likeness (QED) is 0.214.